The number of anilines is 1. The number of nitrogens with one attached hydrogen (secondary N) is 1. The van der Waals surface area contributed by atoms with Gasteiger partial charge in [0.1, 0.15) is 11.9 Å². The zero-order valence-corrected chi connectivity index (χ0v) is 15.7. The van der Waals surface area contributed by atoms with Gasteiger partial charge in [-0.3, -0.25) is 0 Å². The standard InChI is InChI=1S/C21H24FN3O2/c1-5-15(13-23)20(6-2)25-9-7-16(8-10-25)24-19-12-17(21(26)27-4)14(3)11-18(19)22/h5-6,11-12,16,24H,1-2,7-10H2,3-4H3/b20-15-. The van der Waals surface area contributed by atoms with Crippen LogP contribution in [-0.4, -0.2) is 37.1 Å². The first-order valence-corrected chi connectivity index (χ1v) is 8.74. The van der Waals surface area contributed by atoms with Crippen molar-refractivity contribution in [3.63, 3.8) is 0 Å². The van der Waals surface area contributed by atoms with E-state index in [4.69, 9.17) is 4.74 Å². The van der Waals surface area contributed by atoms with Crippen LogP contribution in [0.2, 0.25) is 0 Å². The molecule has 0 spiro atoms. The molecule has 1 aromatic carbocycles. The molecule has 0 amide bonds. The SMILES string of the molecule is C=C/C(C#N)=C(\C=C)N1CCC(Nc2cc(C(=O)OC)c(C)cc2F)CC1. The summed E-state index contributed by atoms with van der Waals surface area (Å²) in [5, 5.41) is 12.4. The number of hydrogen-bond donors (Lipinski definition) is 1. The Labute approximate surface area is 159 Å². The van der Waals surface area contributed by atoms with Crippen molar-refractivity contribution in [2.24, 2.45) is 0 Å². The van der Waals surface area contributed by atoms with Gasteiger partial charge < -0.3 is 15.0 Å². The number of nitrogens with zero attached hydrogens (tertiary/aromatic N) is 2. The number of benzene rings is 1. The first kappa shape index (κ1) is 20.2. The molecular weight excluding hydrogens is 345 g/mol. The number of hydrogen-bond acceptors (Lipinski definition) is 5. The normalized spacial score (nSPS) is 15.4. The number of allylic oxidation sites excluding steroid dienone is 3. The van der Waals surface area contributed by atoms with Crippen LogP contribution in [0.25, 0.3) is 0 Å². The minimum absolute atomic E-state index is 0.0595. The number of esters is 1. The molecule has 1 fully saturated rings. The third kappa shape index (κ3) is 4.56. The lowest BCUT2D eigenvalue weighted by Gasteiger charge is -2.35. The largest absolute Gasteiger partial charge is 0.465 e. The van der Waals surface area contributed by atoms with E-state index in [1.54, 1.807) is 13.0 Å². The van der Waals surface area contributed by atoms with Crippen molar-refractivity contribution >= 4 is 11.7 Å². The van der Waals surface area contributed by atoms with Crippen molar-refractivity contribution in [2.75, 3.05) is 25.5 Å². The molecule has 0 aliphatic carbocycles. The topological polar surface area (TPSA) is 65.4 Å². The fourth-order valence-corrected chi connectivity index (χ4v) is 3.21. The average Bonchev–Trinajstić information content (AvgIpc) is 2.68. The number of ether oxygens (including phenoxy) is 1. The van der Waals surface area contributed by atoms with Crippen molar-refractivity contribution in [1.82, 2.24) is 4.90 Å². The second kappa shape index (κ2) is 9.04. The van der Waals surface area contributed by atoms with Gasteiger partial charge in [0.05, 0.1) is 29.6 Å². The monoisotopic (exact) mass is 369 g/mol. The molecule has 1 heterocycles. The maximum atomic E-state index is 14.3. The predicted molar refractivity (Wildman–Crippen MR) is 104 cm³/mol. The molecule has 6 heteroatoms. The molecule has 0 unspecified atom stereocenters. The number of aryl methyl sites for hydroxylation is 1. The molecule has 1 N–H and O–H groups in total. The molecule has 0 saturated carbocycles. The Hall–Kier alpha value is -3.07. The molecule has 5 nitrogen and oxygen atoms in total. The number of piperidine rings is 1. The number of nitriles is 1. The van der Waals surface area contributed by atoms with Crippen molar-refractivity contribution in [2.45, 2.75) is 25.8 Å². The lowest BCUT2D eigenvalue weighted by Crippen LogP contribution is -2.38. The van der Waals surface area contributed by atoms with Crippen LogP contribution in [0.3, 0.4) is 0 Å². The first-order valence-electron chi connectivity index (χ1n) is 8.74. The van der Waals surface area contributed by atoms with Crippen LogP contribution in [0.15, 0.2) is 48.7 Å². The predicted octanol–water partition coefficient (Wildman–Crippen LogP) is 3.95. The van der Waals surface area contributed by atoms with Crippen LogP contribution in [0.4, 0.5) is 10.1 Å². The van der Waals surface area contributed by atoms with E-state index in [0.717, 1.165) is 18.5 Å². The molecule has 1 aromatic rings. The van der Waals surface area contributed by atoms with Gasteiger partial charge in [-0.1, -0.05) is 13.2 Å². The highest BCUT2D eigenvalue weighted by Gasteiger charge is 2.23. The summed E-state index contributed by atoms with van der Waals surface area (Å²) in [6.45, 7) is 10.5. The molecule has 0 bridgehead atoms. The number of halogens is 1. The van der Waals surface area contributed by atoms with E-state index in [2.05, 4.69) is 29.4 Å². The third-order valence-electron chi connectivity index (χ3n) is 4.71. The van der Waals surface area contributed by atoms with E-state index in [1.807, 2.05) is 0 Å². The number of carbonyl (C=O) groups is 1. The van der Waals surface area contributed by atoms with Gasteiger partial charge in [0, 0.05) is 19.1 Å². The average molecular weight is 369 g/mol. The molecule has 142 valence electrons. The highest BCUT2D eigenvalue weighted by atomic mass is 19.1. The fourth-order valence-electron chi connectivity index (χ4n) is 3.21. The van der Waals surface area contributed by atoms with Crippen LogP contribution >= 0.6 is 0 Å². The summed E-state index contributed by atoms with van der Waals surface area (Å²) >= 11 is 0. The number of methoxy groups -OCH3 is 1. The van der Waals surface area contributed by atoms with Crippen LogP contribution in [-0.2, 0) is 4.74 Å². The molecular formula is C21H24FN3O2. The quantitative estimate of drug-likeness (QED) is 0.467. The van der Waals surface area contributed by atoms with Gasteiger partial charge in [-0.2, -0.15) is 5.26 Å². The Morgan fingerprint density at radius 3 is 2.56 bits per heavy atom. The molecule has 1 saturated heterocycles. The highest BCUT2D eigenvalue weighted by Crippen LogP contribution is 2.25. The zero-order chi connectivity index (χ0) is 20.0. The Kier molecular flexibility index (Phi) is 6.78. The molecule has 0 radical (unpaired) electrons. The summed E-state index contributed by atoms with van der Waals surface area (Å²) in [4.78, 5) is 13.9. The fraction of sp³-hybridized carbons (Fsp3) is 0.333. The Balaban J connectivity index is 2.11. The number of rotatable bonds is 6. The smallest absolute Gasteiger partial charge is 0.338 e. The zero-order valence-electron chi connectivity index (χ0n) is 15.7. The Bertz CT molecular complexity index is 815. The summed E-state index contributed by atoms with van der Waals surface area (Å²) in [6.07, 6.45) is 4.70. The van der Waals surface area contributed by atoms with Gasteiger partial charge in [0.2, 0.25) is 0 Å². The van der Waals surface area contributed by atoms with Crippen molar-refractivity contribution in [1.29, 1.82) is 5.26 Å². The summed E-state index contributed by atoms with van der Waals surface area (Å²) < 4.78 is 19.1. The molecule has 0 aromatic heterocycles. The maximum Gasteiger partial charge on any atom is 0.338 e. The van der Waals surface area contributed by atoms with E-state index in [9.17, 15) is 14.4 Å². The lowest BCUT2D eigenvalue weighted by atomic mass is 10.0. The Morgan fingerprint density at radius 2 is 2.04 bits per heavy atom. The van der Waals surface area contributed by atoms with Gasteiger partial charge in [-0.15, -0.1) is 0 Å². The third-order valence-corrected chi connectivity index (χ3v) is 4.71. The minimum atomic E-state index is -0.486. The van der Waals surface area contributed by atoms with E-state index >= 15 is 0 Å². The van der Waals surface area contributed by atoms with Crippen molar-refractivity contribution < 1.29 is 13.9 Å². The van der Waals surface area contributed by atoms with E-state index in [0.29, 0.717) is 35.5 Å². The van der Waals surface area contributed by atoms with Gasteiger partial charge in [-0.05, 0) is 49.6 Å². The highest BCUT2D eigenvalue weighted by molar-refractivity contribution is 5.92. The second-order valence-corrected chi connectivity index (χ2v) is 6.36. The molecule has 1 aliphatic rings. The molecule has 27 heavy (non-hydrogen) atoms. The minimum Gasteiger partial charge on any atom is -0.465 e. The molecule has 0 atom stereocenters. The summed E-state index contributed by atoms with van der Waals surface area (Å²) in [5.41, 5.74) is 2.43. The second-order valence-electron chi connectivity index (χ2n) is 6.36. The summed E-state index contributed by atoms with van der Waals surface area (Å²) in [7, 11) is 1.30. The molecule has 1 aliphatic heterocycles. The maximum absolute atomic E-state index is 14.3. The van der Waals surface area contributed by atoms with Crippen LogP contribution < -0.4 is 5.32 Å². The van der Waals surface area contributed by atoms with Gasteiger partial charge >= 0.3 is 5.97 Å². The number of carbonyl (C=O) groups excluding carboxylic acids is 1. The van der Waals surface area contributed by atoms with E-state index in [1.165, 1.54) is 25.3 Å². The molecule has 2 rings (SSSR count). The van der Waals surface area contributed by atoms with Crippen molar-refractivity contribution in [3.8, 4) is 6.07 Å². The summed E-state index contributed by atoms with van der Waals surface area (Å²) in [6, 6.07) is 5.03. The number of likely N-dealkylation sites (tertiary alicyclic amines) is 1. The van der Waals surface area contributed by atoms with Crippen molar-refractivity contribution in [3.05, 3.63) is 65.7 Å². The van der Waals surface area contributed by atoms with Crippen LogP contribution in [0.1, 0.15) is 28.8 Å². The Morgan fingerprint density at radius 1 is 1.37 bits per heavy atom. The van der Waals surface area contributed by atoms with E-state index < -0.39 is 11.8 Å². The van der Waals surface area contributed by atoms with Gasteiger partial charge in [-0.25, -0.2) is 9.18 Å². The van der Waals surface area contributed by atoms with E-state index in [-0.39, 0.29) is 6.04 Å². The van der Waals surface area contributed by atoms with Crippen LogP contribution in [0, 0.1) is 24.1 Å². The summed E-state index contributed by atoms with van der Waals surface area (Å²) in [5.74, 6) is -0.882. The lowest BCUT2D eigenvalue weighted by molar-refractivity contribution is 0.0600. The van der Waals surface area contributed by atoms with Gasteiger partial charge in [0.25, 0.3) is 0 Å². The first-order chi connectivity index (χ1) is 12.9. The van der Waals surface area contributed by atoms with Crippen LogP contribution in [0.5, 0.6) is 0 Å². The van der Waals surface area contributed by atoms with Gasteiger partial charge in [0.15, 0.2) is 0 Å².